The SMILES string of the molecule is CCOC(=O)/C=C/C1=Cc2cc(Cl)ccc2C(C2CCN(C(=O)OC(C)(C)C)CC2)c2ncccc21. The summed E-state index contributed by atoms with van der Waals surface area (Å²) >= 11 is 6.40. The van der Waals surface area contributed by atoms with E-state index in [1.165, 1.54) is 6.08 Å². The summed E-state index contributed by atoms with van der Waals surface area (Å²) in [5, 5.41) is 0.649. The number of pyridine rings is 1. The van der Waals surface area contributed by atoms with E-state index in [2.05, 4.69) is 12.1 Å². The van der Waals surface area contributed by atoms with Gasteiger partial charge in [0.1, 0.15) is 5.60 Å². The number of rotatable bonds is 4. The molecule has 0 N–H and O–H groups in total. The molecule has 4 rings (SSSR count). The van der Waals surface area contributed by atoms with Gasteiger partial charge in [-0.05, 0) is 93.5 Å². The van der Waals surface area contributed by atoms with Crippen LogP contribution in [-0.4, -0.2) is 47.2 Å². The largest absolute Gasteiger partial charge is 0.463 e. The van der Waals surface area contributed by atoms with Crippen molar-refractivity contribution in [1.82, 2.24) is 9.88 Å². The topological polar surface area (TPSA) is 68.7 Å². The maximum atomic E-state index is 12.6. The number of amides is 1. The second-order valence-corrected chi connectivity index (χ2v) is 10.6. The van der Waals surface area contributed by atoms with E-state index < -0.39 is 5.60 Å². The molecule has 0 bridgehead atoms. The zero-order valence-corrected chi connectivity index (χ0v) is 22.0. The Morgan fingerprint density at radius 2 is 1.94 bits per heavy atom. The standard InChI is InChI=1S/C29H33ClN2O4/c1-5-35-25(33)11-8-20-17-21-18-22(30)9-10-23(21)26(27-24(20)7-6-14-31-27)19-12-15-32(16-13-19)28(34)36-29(2,3)4/h6-11,14,17-19,26H,5,12-13,15-16H2,1-4H3/b11-8+. The first-order valence-corrected chi connectivity index (χ1v) is 12.8. The molecule has 1 atom stereocenters. The van der Waals surface area contributed by atoms with Crippen LogP contribution in [0, 0.1) is 5.92 Å². The third-order valence-corrected chi connectivity index (χ3v) is 6.72. The molecule has 0 saturated carbocycles. The summed E-state index contributed by atoms with van der Waals surface area (Å²) < 4.78 is 10.7. The number of likely N-dealkylation sites (tertiary alicyclic amines) is 1. The molecule has 2 aliphatic rings. The number of piperidine rings is 1. The highest BCUT2D eigenvalue weighted by Crippen LogP contribution is 2.45. The maximum Gasteiger partial charge on any atom is 0.410 e. The summed E-state index contributed by atoms with van der Waals surface area (Å²) in [5.74, 6) is -0.0801. The molecule has 2 heterocycles. The van der Waals surface area contributed by atoms with Crippen molar-refractivity contribution in [2.45, 2.75) is 52.1 Å². The van der Waals surface area contributed by atoms with Gasteiger partial charge >= 0.3 is 12.1 Å². The van der Waals surface area contributed by atoms with Gasteiger partial charge in [0.15, 0.2) is 0 Å². The number of allylic oxidation sites excluding steroid dienone is 2. The highest BCUT2D eigenvalue weighted by Gasteiger charge is 2.36. The first-order chi connectivity index (χ1) is 17.2. The maximum absolute atomic E-state index is 12.6. The second kappa shape index (κ2) is 10.9. The molecule has 1 aliphatic carbocycles. The van der Waals surface area contributed by atoms with Crippen molar-refractivity contribution in [3.05, 3.63) is 76.1 Å². The van der Waals surface area contributed by atoms with Crippen LogP contribution in [0.25, 0.3) is 11.6 Å². The lowest BCUT2D eigenvalue weighted by molar-refractivity contribution is -0.137. The lowest BCUT2D eigenvalue weighted by atomic mass is 9.76. The minimum Gasteiger partial charge on any atom is -0.463 e. The Bertz CT molecular complexity index is 1190. The zero-order chi connectivity index (χ0) is 25.9. The Kier molecular flexibility index (Phi) is 7.84. The molecule has 1 aliphatic heterocycles. The quantitative estimate of drug-likeness (QED) is 0.349. The molecule has 1 aromatic carbocycles. The van der Waals surface area contributed by atoms with Gasteiger partial charge in [-0.25, -0.2) is 9.59 Å². The van der Waals surface area contributed by atoms with Crippen molar-refractivity contribution in [2.75, 3.05) is 19.7 Å². The number of nitrogens with zero attached hydrogens (tertiary/aromatic N) is 2. The van der Waals surface area contributed by atoms with E-state index in [1.54, 1.807) is 17.9 Å². The predicted molar refractivity (Wildman–Crippen MR) is 142 cm³/mol. The van der Waals surface area contributed by atoms with Crippen LogP contribution in [0.2, 0.25) is 5.02 Å². The molecule has 1 saturated heterocycles. The molecule has 190 valence electrons. The van der Waals surface area contributed by atoms with Gasteiger partial charge in [-0.15, -0.1) is 0 Å². The van der Waals surface area contributed by atoms with Crippen molar-refractivity contribution in [3.8, 4) is 0 Å². The van der Waals surface area contributed by atoms with E-state index in [4.69, 9.17) is 26.1 Å². The second-order valence-electron chi connectivity index (χ2n) is 10.2. The Morgan fingerprint density at radius 1 is 1.19 bits per heavy atom. The smallest absolute Gasteiger partial charge is 0.410 e. The molecule has 6 nitrogen and oxygen atoms in total. The fraction of sp³-hybridized carbons (Fsp3) is 0.414. The summed E-state index contributed by atoms with van der Waals surface area (Å²) in [5.41, 5.74) is 4.45. The molecule has 2 aromatic rings. The lowest BCUT2D eigenvalue weighted by Gasteiger charge is -2.37. The van der Waals surface area contributed by atoms with Gasteiger partial charge in [0.2, 0.25) is 0 Å². The number of aromatic nitrogens is 1. The fourth-order valence-electron chi connectivity index (χ4n) is 4.96. The average Bonchev–Trinajstić information content (AvgIpc) is 2.96. The van der Waals surface area contributed by atoms with Crippen LogP contribution in [0.15, 0.2) is 48.7 Å². The average molecular weight is 509 g/mol. The van der Waals surface area contributed by atoms with Gasteiger partial charge in [0, 0.05) is 41.9 Å². The van der Waals surface area contributed by atoms with Crippen molar-refractivity contribution < 1.29 is 19.1 Å². The number of carbonyl (C=O) groups is 2. The van der Waals surface area contributed by atoms with Gasteiger partial charge in [-0.1, -0.05) is 23.7 Å². The van der Waals surface area contributed by atoms with E-state index in [9.17, 15) is 9.59 Å². The molecule has 1 aromatic heterocycles. The number of fused-ring (bicyclic) bond motifs is 2. The summed E-state index contributed by atoms with van der Waals surface area (Å²) in [6.07, 6.45) is 8.52. The summed E-state index contributed by atoms with van der Waals surface area (Å²) in [4.78, 5) is 31.3. The van der Waals surface area contributed by atoms with Crippen LogP contribution >= 0.6 is 11.6 Å². The molecule has 36 heavy (non-hydrogen) atoms. The summed E-state index contributed by atoms with van der Waals surface area (Å²) in [6, 6.07) is 9.91. The molecule has 0 spiro atoms. The number of halogens is 1. The Hall–Kier alpha value is -3.12. The predicted octanol–water partition coefficient (Wildman–Crippen LogP) is 6.49. The molecule has 0 radical (unpaired) electrons. The number of hydrogen-bond acceptors (Lipinski definition) is 5. The van der Waals surface area contributed by atoms with Crippen LogP contribution in [0.5, 0.6) is 0 Å². The minimum atomic E-state index is -0.518. The number of benzene rings is 1. The first-order valence-electron chi connectivity index (χ1n) is 12.5. The van der Waals surface area contributed by atoms with Crippen molar-refractivity contribution in [2.24, 2.45) is 5.92 Å². The number of ether oxygens (including phenoxy) is 2. The highest BCUT2D eigenvalue weighted by molar-refractivity contribution is 6.30. The zero-order valence-electron chi connectivity index (χ0n) is 21.3. The van der Waals surface area contributed by atoms with E-state index in [0.29, 0.717) is 24.7 Å². The van der Waals surface area contributed by atoms with Crippen molar-refractivity contribution >= 4 is 35.3 Å². The van der Waals surface area contributed by atoms with Gasteiger partial charge < -0.3 is 14.4 Å². The van der Waals surface area contributed by atoms with Crippen molar-refractivity contribution in [3.63, 3.8) is 0 Å². The summed E-state index contributed by atoms with van der Waals surface area (Å²) in [6.45, 7) is 9.02. The van der Waals surface area contributed by atoms with Gasteiger partial charge in [-0.2, -0.15) is 0 Å². The van der Waals surface area contributed by atoms with Crippen LogP contribution < -0.4 is 0 Å². The number of hydrogen-bond donors (Lipinski definition) is 0. The highest BCUT2D eigenvalue weighted by atomic mass is 35.5. The van der Waals surface area contributed by atoms with E-state index >= 15 is 0 Å². The molecule has 7 heteroatoms. The van der Waals surface area contributed by atoms with Gasteiger partial charge in [0.25, 0.3) is 0 Å². The Labute approximate surface area is 217 Å². The number of esters is 1. The van der Waals surface area contributed by atoms with Crippen molar-refractivity contribution in [1.29, 1.82) is 0 Å². The van der Waals surface area contributed by atoms with E-state index in [0.717, 1.165) is 40.8 Å². The first kappa shape index (κ1) is 26.0. The third-order valence-electron chi connectivity index (χ3n) is 6.49. The van der Waals surface area contributed by atoms with E-state index in [1.807, 2.05) is 51.2 Å². The Morgan fingerprint density at radius 3 is 2.64 bits per heavy atom. The molecular weight excluding hydrogens is 476 g/mol. The number of carbonyl (C=O) groups excluding carboxylic acids is 2. The van der Waals surface area contributed by atoms with Gasteiger partial charge in [-0.3, -0.25) is 4.98 Å². The molecule has 1 fully saturated rings. The monoisotopic (exact) mass is 508 g/mol. The van der Waals surface area contributed by atoms with Crippen LogP contribution in [-0.2, 0) is 14.3 Å². The van der Waals surface area contributed by atoms with Crippen LogP contribution in [0.4, 0.5) is 4.79 Å². The molecular formula is C29H33ClN2O4. The molecule has 1 amide bonds. The minimum absolute atomic E-state index is 0.0268. The fourth-order valence-corrected chi connectivity index (χ4v) is 5.14. The van der Waals surface area contributed by atoms with Gasteiger partial charge in [0.05, 0.1) is 12.3 Å². The molecule has 1 unspecified atom stereocenters. The third kappa shape index (κ3) is 5.98. The summed E-state index contributed by atoms with van der Waals surface area (Å²) in [7, 11) is 0. The van der Waals surface area contributed by atoms with Crippen LogP contribution in [0.3, 0.4) is 0 Å². The Balaban J connectivity index is 1.69. The normalized spacial score (nSPS) is 18.2. The van der Waals surface area contributed by atoms with Crippen LogP contribution in [0.1, 0.15) is 68.8 Å². The lowest BCUT2D eigenvalue weighted by Crippen LogP contribution is -2.42. The van der Waals surface area contributed by atoms with E-state index in [-0.39, 0.29) is 23.9 Å².